The molecule has 3 aliphatic rings. The van der Waals surface area contributed by atoms with Crippen molar-refractivity contribution < 1.29 is 38.3 Å². The van der Waals surface area contributed by atoms with Crippen molar-refractivity contribution in [1.82, 2.24) is 31.1 Å². The molecule has 0 spiro atoms. The molecule has 6 N–H and O–H groups in total. The number of primary amides is 1. The van der Waals surface area contributed by atoms with Crippen LogP contribution in [0.5, 0.6) is 0 Å². The highest BCUT2D eigenvalue weighted by molar-refractivity contribution is 6.38. The van der Waals surface area contributed by atoms with Gasteiger partial charge < -0.3 is 41.5 Å². The number of carbonyl (C=O) groups is 7. The van der Waals surface area contributed by atoms with Crippen LogP contribution < -0.4 is 27.0 Å². The van der Waals surface area contributed by atoms with Gasteiger partial charge in [0.05, 0.1) is 18.6 Å². The van der Waals surface area contributed by atoms with Crippen LogP contribution in [-0.4, -0.2) is 107 Å². The van der Waals surface area contributed by atoms with Crippen molar-refractivity contribution in [3.8, 4) is 0 Å². The van der Waals surface area contributed by atoms with E-state index in [4.69, 9.17) is 10.5 Å². The number of hydrogen-bond donors (Lipinski definition) is 5. The molecule has 3 rings (SSSR count). The van der Waals surface area contributed by atoms with Crippen LogP contribution >= 0.6 is 0 Å². The van der Waals surface area contributed by atoms with Gasteiger partial charge in [0.2, 0.25) is 23.5 Å². The fourth-order valence-corrected chi connectivity index (χ4v) is 6.27. The van der Waals surface area contributed by atoms with Gasteiger partial charge in [0.25, 0.3) is 5.91 Å². The van der Waals surface area contributed by atoms with E-state index in [1.165, 1.54) is 4.90 Å². The number of nitrogens with one attached hydrogen (secondary N) is 4. The first kappa shape index (κ1) is 40.5. The Bertz CT molecular complexity index is 1320. The normalized spacial score (nSPS) is 22.5. The lowest BCUT2D eigenvalue weighted by molar-refractivity contribution is -0.144. The number of Topliss-reactive ketones (excluding diaryl/α,β-unsaturated/α-hetero) is 1. The molecule has 15 heteroatoms. The molecular formula is C35H59N7O8. The second-order valence-electron chi connectivity index (χ2n) is 17.0. The summed E-state index contributed by atoms with van der Waals surface area (Å²) in [5.74, 6) is -2.82. The number of amides is 7. The van der Waals surface area contributed by atoms with Crippen molar-refractivity contribution in [3.63, 3.8) is 0 Å². The summed E-state index contributed by atoms with van der Waals surface area (Å²) in [6.45, 7) is 17.8. The van der Waals surface area contributed by atoms with Crippen molar-refractivity contribution in [2.75, 3.05) is 19.6 Å². The molecule has 0 aromatic heterocycles. The number of ketones is 1. The van der Waals surface area contributed by atoms with Crippen LogP contribution in [0.3, 0.4) is 0 Å². The zero-order valence-electron chi connectivity index (χ0n) is 31.3. The molecule has 2 saturated heterocycles. The molecule has 0 bridgehead atoms. The molecule has 1 aliphatic carbocycles. The first-order valence-corrected chi connectivity index (χ1v) is 17.8. The lowest BCUT2D eigenvalue weighted by Gasteiger charge is -2.41. The molecule has 3 fully saturated rings. The summed E-state index contributed by atoms with van der Waals surface area (Å²) in [5, 5.41) is 11.1. The van der Waals surface area contributed by atoms with Crippen molar-refractivity contribution in [1.29, 1.82) is 0 Å². The minimum absolute atomic E-state index is 0.0259. The van der Waals surface area contributed by atoms with E-state index in [1.807, 2.05) is 27.7 Å². The third-order valence-electron chi connectivity index (χ3n) is 9.66. The monoisotopic (exact) mass is 705 g/mol. The Labute approximate surface area is 295 Å². The van der Waals surface area contributed by atoms with Gasteiger partial charge >= 0.3 is 12.1 Å². The van der Waals surface area contributed by atoms with Crippen LogP contribution in [0.2, 0.25) is 0 Å². The van der Waals surface area contributed by atoms with E-state index < -0.39 is 76.7 Å². The van der Waals surface area contributed by atoms with Crippen LogP contribution in [0, 0.1) is 16.2 Å². The van der Waals surface area contributed by atoms with Crippen LogP contribution in [0.25, 0.3) is 0 Å². The molecule has 1 saturated carbocycles. The third-order valence-corrected chi connectivity index (χ3v) is 9.66. The van der Waals surface area contributed by atoms with Crippen molar-refractivity contribution >= 4 is 41.5 Å². The topological polar surface area (TPSA) is 209 Å². The average molecular weight is 706 g/mol. The third kappa shape index (κ3) is 11.3. The summed E-state index contributed by atoms with van der Waals surface area (Å²) in [4.78, 5) is 94.8. The van der Waals surface area contributed by atoms with Crippen LogP contribution in [0.1, 0.15) is 107 Å². The van der Waals surface area contributed by atoms with Gasteiger partial charge in [-0.1, -0.05) is 68.7 Å². The van der Waals surface area contributed by atoms with Gasteiger partial charge in [-0.05, 0) is 41.9 Å². The largest absolute Gasteiger partial charge is 0.444 e. The molecule has 1 unspecified atom stereocenters. The smallest absolute Gasteiger partial charge is 0.404 e. The van der Waals surface area contributed by atoms with Crippen molar-refractivity contribution in [3.05, 3.63) is 0 Å². The van der Waals surface area contributed by atoms with Gasteiger partial charge in [0.1, 0.15) is 18.2 Å². The minimum atomic E-state index is -1.18. The van der Waals surface area contributed by atoms with E-state index in [0.717, 1.165) is 19.3 Å². The zero-order chi connectivity index (χ0) is 37.8. The lowest BCUT2D eigenvalue weighted by Crippen LogP contribution is -2.62. The zero-order valence-corrected chi connectivity index (χ0v) is 31.3. The van der Waals surface area contributed by atoms with Gasteiger partial charge in [-0.25, -0.2) is 9.59 Å². The average Bonchev–Trinajstić information content (AvgIpc) is 3.69. The van der Waals surface area contributed by atoms with E-state index in [0.29, 0.717) is 25.9 Å². The fraction of sp³-hybridized carbons (Fsp3) is 0.800. The van der Waals surface area contributed by atoms with E-state index in [9.17, 15) is 33.6 Å². The first-order valence-electron chi connectivity index (χ1n) is 17.8. The maximum atomic E-state index is 14.3. The number of nitrogens with two attached hydrogens (primary N) is 1. The Morgan fingerprint density at radius 2 is 1.62 bits per heavy atom. The molecule has 0 aromatic carbocycles. The molecule has 0 radical (unpaired) electrons. The highest BCUT2D eigenvalue weighted by Gasteiger charge is 2.47. The van der Waals surface area contributed by atoms with Gasteiger partial charge in [-0.15, -0.1) is 0 Å². The number of carbonyl (C=O) groups excluding carboxylic acids is 7. The van der Waals surface area contributed by atoms with E-state index >= 15 is 0 Å². The summed E-state index contributed by atoms with van der Waals surface area (Å²) in [5.41, 5.74) is 3.91. The number of nitrogens with zero attached hydrogens (tertiary/aromatic N) is 2. The van der Waals surface area contributed by atoms with E-state index in [-0.39, 0.29) is 36.8 Å². The van der Waals surface area contributed by atoms with Gasteiger partial charge in [0, 0.05) is 32.0 Å². The number of hydrogen-bond acceptors (Lipinski definition) is 8. The molecule has 7 amide bonds. The van der Waals surface area contributed by atoms with Gasteiger partial charge in [-0.3, -0.25) is 24.0 Å². The number of urea groups is 1. The molecule has 50 heavy (non-hydrogen) atoms. The molecule has 2 heterocycles. The second-order valence-corrected chi connectivity index (χ2v) is 17.0. The maximum absolute atomic E-state index is 14.3. The molecule has 5 atom stereocenters. The number of ether oxygens (including phenoxy) is 1. The maximum Gasteiger partial charge on any atom is 0.404 e. The Morgan fingerprint density at radius 1 is 0.980 bits per heavy atom. The number of piperidine rings is 1. The van der Waals surface area contributed by atoms with Crippen molar-refractivity contribution in [2.45, 2.75) is 144 Å². The predicted octanol–water partition coefficient (Wildman–Crippen LogP) is 1.96. The number of likely N-dealkylation sites (tertiary alicyclic amines) is 2. The Kier molecular flexibility index (Phi) is 12.9. The van der Waals surface area contributed by atoms with Crippen LogP contribution in [0.4, 0.5) is 9.59 Å². The number of rotatable bonds is 13. The van der Waals surface area contributed by atoms with Crippen LogP contribution in [0.15, 0.2) is 0 Å². The quantitative estimate of drug-likeness (QED) is 0.179. The summed E-state index contributed by atoms with van der Waals surface area (Å²) in [7, 11) is 0. The highest BCUT2D eigenvalue weighted by Crippen LogP contribution is 2.32. The molecule has 282 valence electrons. The highest BCUT2D eigenvalue weighted by atomic mass is 16.6. The summed E-state index contributed by atoms with van der Waals surface area (Å²) < 4.78 is 5.19. The van der Waals surface area contributed by atoms with E-state index in [1.54, 1.807) is 25.7 Å². The lowest BCUT2D eigenvalue weighted by atomic mass is 9.81. The Hall–Kier alpha value is -3.91. The van der Waals surface area contributed by atoms with Crippen LogP contribution in [-0.2, 0) is 28.7 Å². The summed E-state index contributed by atoms with van der Waals surface area (Å²) >= 11 is 0. The molecular weight excluding hydrogens is 646 g/mol. The van der Waals surface area contributed by atoms with Gasteiger partial charge in [0.15, 0.2) is 0 Å². The summed E-state index contributed by atoms with van der Waals surface area (Å²) in [6.07, 6.45) is 1.45. The fourth-order valence-electron chi connectivity index (χ4n) is 6.27. The molecule has 2 aliphatic heterocycles. The molecule has 15 nitrogen and oxygen atoms in total. The second kappa shape index (κ2) is 16.0. The first-order chi connectivity index (χ1) is 23.0. The summed E-state index contributed by atoms with van der Waals surface area (Å²) in [6, 6.07) is -4.56. The standard InChI is InChI=1S/C35H59N7O8/c1-10-11-22(26(44)29(46)37-20-12-13-20)38-28(45)23-16-21(50-31(36)48)18-42(23)30(47)27(34(5,6)7)40-32(49)39-24(33(2,3)4)19-41-15-14-35(8,9)17-25(41)43/h20-24,27H,10-19H2,1-9H3,(H2,36,48)(H,37,46)(H,38,45)(H2,39,40,49)/t21-,22?,23+,24-,27-/m1/s1. The predicted molar refractivity (Wildman–Crippen MR) is 185 cm³/mol. The Balaban J connectivity index is 1.80. The van der Waals surface area contributed by atoms with Crippen molar-refractivity contribution in [2.24, 2.45) is 22.0 Å². The minimum Gasteiger partial charge on any atom is -0.444 e. The van der Waals surface area contributed by atoms with Gasteiger partial charge in [-0.2, -0.15) is 0 Å². The Morgan fingerprint density at radius 3 is 2.14 bits per heavy atom. The molecule has 0 aromatic rings. The van der Waals surface area contributed by atoms with E-state index in [2.05, 4.69) is 35.1 Å². The SMILES string of the molecule is CCCC(NC(=O)[C@@H]1C[C@@H](OC(N)=O)CN1C(=O)[C@@H](NC(=O)N[C@H](CN1CCC(C)(C)CC1=O)C(C)(C)C)C(C)(C)C)C(=O)C(=O)NC1CC1.